The largest absolute Gasteiger partial charge is 0.397 e. The molecule has 0 amide bonds. The fourth-order valence-corrected chi connectivity index (χ4v) is 4.60. The minimum atomic E-state index is -0.146. The van der Waals surface area contributed by atoms with Gasteiger partial charge in [-0.1, -0.05) is 6.08 Å². The molecular formula is C24H24N6O. The number of aromatic amines is 1. The van der Waals surface area contributed by atoms with Crippen LogP contribution in [0.5, 0.6) is 0 Å². The van der Waals surface area contributed by atoms with Gasteiger partial charge < -0.3 is 15.6 Å². The van der Waals surface area contributed by atoms with Crippen LogP contribution < -0.4 is 16.2 Å². The van der Waals surface area contributed by atoms with E-state index in [4.69, 9.17) is 11.0 Å². The molecule has 1 aliphatic heterocycles. The van der Waals surface area contributed by atoms with E-state index >= 15 is 0 Å². The monoisotopic (exact) mass is 412 g/mol. The summed E-state index contributed by atoms with van der Waals surface area (Å²) in [4.78, 5) is 24.7. The smallest absolute Gasteiger partial charge is 0.257 e. The molecule has 2 aromatic heterocycles. The predicted molar refractivity (Wildman–Crippen MR) is 123 cm³/mol. The van der Waals surface area contributed by atoms with Gasteiger partial charge in [-0.15, -0.1) is 0 Å². The summed E-state index contributed by atoms with van der Waals surface area (Å²) in [7, 11) is 0. The molecule has 1 fully saturated rings. The third-order valence-corrected chi connectivity index (χ3v) is 6.31. The van der Waals surface area contributed by atoms with Crippen LogP contribution in [0.4, 0.5) is 11.4 Å². The van der Waals surface area contributed by atoms with E-state index in [2.05, 4.69) is 31.9 Å². The number of nitrogen functional groups attached to an aromatic ring is 1. The first-order valence-electron chi connectivity index (χ1n) is 10.6. The highest BCUT2D eigenvalue weighted by Gasteiger charge is 2.27. The molecule has 0 radical (unpaired) electrons. The number of hydrogen-bond acceptors (Lipinski definition) is 6. The van der Waals surface area contributed by atoms with E-state index in [9.17, 15) is 4.79 Å². The summed E-state index contributed by atoms with van der Waals surface area (Å²) in [5.74, 6) is 0. The van der Waals surface area contributed by atoms with Gasteiger partial charge in [0, 0.05) is 43.6 Å². The maximum atomic E-state index is 12.5. The minimum absolute atomic E-state index is 0.146. The molecule has 3 N–H and O–H groups in total. The lowest BCUT2D eigenvalue weighted by Crippen LogP contribution is -2.49. The molecule has 2 aliphatic rings. The third-order valence-electron chi connectivity index (χ3n) is 6.31. The molecule has 3 aromatic rings. The van der Waals surface area contributed by atoms with Crippen molar-refractivity contribution >= 4 is 27.9 Å². The number of allylic oxidation sites excluding steroid dienone is 1. The Bertz CT molecular complexity index is 1250. The van der Waals surface area contributed by atoms with E-state index in [0.717, 1.165) is 44.7 Å². The van der Waals surface area contributed by atoms with E-state index in [1.165, 1.54) is 11.3 Å². The van der Waals surface area contributed by atoms with Crippen molar-refractivity contribution in [3.05, 3.63) is 70.3 Å². The van der Waals surface area contributed by atoms with Crippen molar-refractivity contribution < 1.29 is 0 Å². The summed E-state index contributed by atoms with van der Waals surface area (Å²) in [6.07, 6.45) is 5.88. The van der Waals surface area contributed by atoms with E-state index < -0.39 is 0 Å². The van der Waals surface area contributed by atoms with Crippen LogP contribution in [-0.4, -0.2) is 47.1 Å². The Labute approximate surface area is 180 Å². The number of benzene rings is 1. The number of H-pyrrole nitrogens is 1. The van der Waals surface area contributed by atoms with Crippen molar-refractivity contribution in [2.75, 3.05) is 36.8 Å². The van der Waals surface area contributed by atoms with Crippen LogP contribution in [0.25, 0.3) is 16.5 Å². The van der Waals surface area contributed by atoms with Gasteiger partial charge in [0.1, 0.15) is 0 Å². The van der Waals surface area contributed by atoms with Crippen molar-refractivity contribution in [2.45, 2.75) is 18.9 Å². The van der Waals surface area contributed by atoms with Crippen molar-refractivity contribution in [3.63, 3.8) is 0 Å². The Kier molecular flexibility index (Phi) is 4.92. The van der Waals surface area contributed by atoms with Gasteiger partial charge >= 0.3 is 0 Å². The number of rotatable bonds is 3. The molecule has 0 saturated carbocycles. The Morgan fingerprint density at radius 3 is 2.65 bits per heavy atom. The molecular weight excluding hydrogens is 388 g/mol. The van der Waals surface area contributed by atoms with Gasteiger partial charge in [0.25, 0.3) is 5.56 Å². The number of nitrogens with one attached hydrogen (secondary N) is 1. The Morgan fingerprint density at radius 2 is 1.90 bits per heavy atom. The second-order valence-corrected chi connectivity index (χ2v) is 8.19. The van der Waals surface area contributed by atoms with Gasteiger partial charge in [0.2, 0.25) is 0 Å². The molecule has 0 spiro atoms. The first-order chi connectivity index (χ1) is 15.1. The fraction of sp³-hybridized carbons (Fsp3) is 0.292. The summed E-state index contributed by atoms with van der Waals surface area (Å²) in [6, 6.07) is 14.0. The lowest BCUT2D eigenvalue weighted by Gasteiger charge is -2.38. The van der Waals surface area contributed by atoms with Gasteiger partial charge in [-0.3, -0.25) is 14.7 Å². The van der Waals surface area contributed by atoms with Crippen LogP contribution in [0, 0.1) is 11.3 Å². The van der Waals surface area contributed by atoms with E-state index in [0.29, 0.717) is 28.2 Å². The summed E-state index contributed by atoms with van der Waals surface area (Å²) >= 11 is 0. The van der Waals surface area contributed by atoms with Crippen LogP contribution >= 0.6 is 0 Å². The Hall–Kier alpha value is -3.63. The van der Waals surface area contributed by atoms with Gasteiger partial charge in [-0.2, -0.15) is 5.26 Å². The number of piperazine rings is 1. The van der Waals surface area contributed by atoms with E-state index in [-0.39, 0.29) is 5.56 Å². The summed E-state index contributed by atoms with van der Waals surface area (Å²) in [6.45, 7) is 3.90. The molecule has 0 bridgehead atoms. The quantitative estimate of drug-likeness (QED) is 0.686. The van der Waals surface area contributed by atoms with Crippen LogP contribution in [-0.2, 0) is 0 Å². The number of nitrogens with zero attached hydrogens (tertiary/aromatic N) is 4. The van der Waals surface area contributed by atoms with Gasteiger partial charge in [0.15, 0.2) is 0 Å². The molecule has 7 heteroatoms. The number of hydrogen-bond donors (Lipinski definition) is 2. The number of nitriles is 1. The zero-order valence-electron chi connectivity index (χ0n) is 17.2. The predicted octanol–water partition coefficient (Wildman–Crippen LogP) is 2.74. The fourth-order valence-electron chi connectivity index (χ4n) is 4.60. The van der Waals surface area contributed by atoms with Crippen molar-refractivity contribution in [1.82, 2.24) is 14.9 Å². The average Bonchev–Trinajstić information content (AvgIpc) is 3.30. The molecule has 31 heavy (non-hydrogen) atoms. The second-order valence-electron chi connectivity index (χ2n) is 8.19. The number of aromatic nitrogens is 2. The molecule has 1 aliphatic carbocycles. The van der Waals surface area contributed by atoms with Crippen molar-refractivity contribution in [1.29, 1.82) is 5.26 Å². The highest BCUT2D eigenvalue weighted by Crippen LogP contribution is 2.31. The first kappa shape index (κ1) is 19.3. The lowest BCUT2D eigenvalue weighted by molar-refractivity contribution is 0.214. The lowest BCUT2D eigenvalue weighted by atomic mass is 10.1. The molecule has 5 rings (SSSR count). The van der Waals surface area contributed by atoms with E-state index in [1.54, 1.807) is 12.3 Å². The molecule has 1 atom stereocenters. The van der Waals surface area contributed by atoms with Crippen molar-refractivity contribution in [3.8, 4) is 6.07 Å². The maximum absolute atomic E-state index is 12.5. The van der Waals surface area contributed by atoms with Gasteiger partial charge in [0.05, 0.1) is 34.4 Å². The molecule has 1 saturated heterocycles. The molecule has 0 unspecified atom stereocenters. The second kappa shape index (κ2) is 7.89. The highest BCUT2D eigenvalue weighted by molar-refractivity contribution is 5.83. The molecule has 3 heterocycles. The summed E-state index contributed by atoms with van der Waals surface area (Å²) in [5, 5.41) is 9.50. The van der Waals surface area contributed by atoms with Gasteiger partial charge in [-0.25, -0.2) is 0 Å². The summed E-state index contributed by atoms with van der Waals surface area (Å²) in [5.41, 5.74) is 10.7. The summed E-state index contributed by atoms with van der Waals surface area (Å²) < 4.78 is 0. The number of pyridine rings is 2. The minimum Gasteiger partial charge on any atom is -0.397 e. The Balaban J connectivity index is 1.29. The van der Waals surface area contributed by atoms with Crippen molar-refractivity contribution in [2.24, 2.45) is 0 Å². The molecule has 156 valence electrons. The standard InChI is InChI=1S/C24H24N6O/c25-14-16-1-4-19(5-2-16)29-7-9-30(10-8-29)20-6-3-17(11-20)22-13-23-21(24(31)28-22)12-18(26)15-27-23/h1-2,4-5,11-13,15,20H,3,6-10,26H2,(H,28,31)/t20-/m1/s1. The van der Waals surface area contributed by atoms with Gasteiger partial charge in [-0.05, 0) is 54.8 Å². The molecule has 1 aromatic carbocycles. The number of fused-ring (bicyclic) bond motifs is 1. The maximum Gasteiger partial charge on any atom is 0.257 e. The zero-order valence-corrected chi connectivity index (χ0v) is 17.2. The SMILES string of the molecule is N#Cc1ccc(N2CCN([C@H]3C=C(c4cc5ncc(N)cc5c(=O)[nH]4)CC3)CC2)cc1. The topological polar surface area (TPSA) is 102 Å². The number of nitrogens with two attached hydrogens (primary N) is 1. The first-order valence-corrected chi connectivity index (χ1v) is 10.6. The number of anilines is 2. The van der Waals surface area contributed by atoms with Crippen LogP contribution in [0.3, 0.4) is 0 Å². The van der Waals surface area contributed by atoms with Crippen LogP contribution in [0.15, 0.2) is 53.5 Å². The highest BCUT2D eigenvalue weighted by atomic mass is 16.1. The normalized spacial score (nSPS) is 19.4. The average molecular weight is 412 g/mol. The van der Waals surface area contributed by atoms with Crippen LogP contribution in [0.1, 0.15) is 24.1 Å². The third kappa shape index (κ3) is 3.78. The molecule has 7 nitrogen and oxygen atoms in total. The zero-order chi connectivity index (χ0) is 21.4. The Morgan fingerprint density at radius 1 is 1.13 bits per heavy atom. The van der Waals surface area contributed by atoms with E-state index in [1.807, 2.05) is 30.3 Å². The van der Waals surface area contributed by atoms with Crippen LogP contribution in [0.2, 0.25) is 0 Å².